The Balaban J connectivity index is 1.73. The fourth-order valence-corrected chi connectivity index (χ4v) is 10.2. The van der Waals surface area contributed by atoms with Crippen LogP contribution in [0, 0.1) is 17.8 Å². The molecule has 1 aromatic rings. The van der Waals surface area contributed by atoms with Crippen molar-refractivity contribution < 1.29 is 63.2 Å². The Morgan fingerprint density at radius 1 is 1.00 bits per heavy atom. The van der Waals surface area contributed by atoms with Crippen molar-refractivity contribution in [3.05, 3.63) is 24.2 Å². The van der Waals surface area contributed by atoms with Gasteiger partial charge in [0.05, 0.1) is 54.3 Å². The summed E-state index contributed by atoms with van der Waals surface area (Å²) in [6.45, 7) is 19.5. The molecule has 0 bridgehead atoms. The first-order valence-corrected chi connectivity index (χ1v) is 23.6. The van der Waals surface area contributed by atoms with Crippen molar-refractivity contribution >= 4 is 23.3 Å². The molecule has 1 aromatic heterocycles. The van der Waals surface area contributed by atoms with Crippen molar-refractivity contribution in [3.63, 3.8) is 0 Å². The van der Waals surface area contributed by atoms with Crippen molar-refractivity contribution in [1.82, 2.24) is 20.4 Å². The highest BCUT2D eigenvalue weighted by atomic mass is 32.1. The normalized spacial score (nSPS) is 42.4. The maximum absolute atomic E-state index is 14.5. The van der Waals surface area contributed by atoms with Crippen LogP contribution in [-0.4, -0.2) is 178 Å². The van der Waals surface area contributed by atoms with Crippen LogP contribution in [0.15, 0.2) is 22.8 Å². The molecular formula is C46H82N4O13S. The van der Waals surface area contributed by atoms with Crippen LogP contribution in [0.25, 0.3) is 0 Å². The van der Waals surface area contributed by atoms with Gasteiger partial charge in [-0.05, 0) is 119 Å². The summed E-state index contributed by atoms with van der Waals surface area (Å²) in [4.78, 5) is 18.5. The van der Waals surface area contributed by atoms with Crippen LogP contribution in [0.3, 0.4) is 0 Å². The zero-order chi connectivity index (χ0) is 47.9. The van der Waals surface area contributed by atoms with Crippen LogP contribution in [0.4, 0.5) is 0 Å². The van der Waals surface area contributed by atoms with E-state index in [9.17, 15) is 30.3 Å². The van der Waals surface area contributed by atoms with Gasteiger partial charge in [0, 0.05) is 51.2 Å². The number of hydrogen-bond donors (Lipinski definition) is 7. The van der Waals surface area contributed by atoms with E-state index in [0.717, 1.165) is 5.76 Å². The summed E-state index contributed by atoms with van der Waals surface area (Å²) in [5.41, 5.74) is -4.56. The predicted octanol–water partition coefficient (Wildman–Crippen LogP) is 2.92. The Bertz CT molecular complexity index is 1590. The third-order valence-corrected chi connectivity index (χ3v) is 14.2. The second-order valence-corrected chi connectivity index (χ2v) is 20.2. The third kappa shape index (κ3) is 13.6. The van der Waals surface area contributed by atoms with E-state index in [1.165, 1.54) is 14.0 Å². The smallest absolute Gasteiger partial charge is 0.311 e. The first-order valence-electron chi connectivity index (χ1n) is 23.2. The highest BCUT2D eigenvalue weighted by Crippen LogP contribution is 2.40. The second kappa shape index (κ2) is 23.3. The SMILES string of the molecule is CC[C@H]1OC(=O)[C@H](C)[C@@H](O[C@H]2C[C@@](C)(OC)[C@@H](O)[C@H](C)O2)[C@H](C)[C@@H](O[C@@H]2O[C@H](C)C[C@H](N(C)C)[C@H]2O)[C@](C)(O)C[C@@H](C)CN(CCCNC(=S)NCc2ccco2)[C@H](C)[C@@H](O)[C@]1(C)O. The van der Waals surface area contributed by atoms with Gasteiger partial charge >= 0.3 is 5.97 Å². The summed E-state index contributed by atoms with van der Waals surface area (Å²) in [5, 5.41) is 66.6. The molecule has 3 saturated heterocycles. The lowest BCUT2D eigenvalue weighted by atomic mass is 9.77. The monoisotopic (exact) mass is 931 g/mol. The largest absolute Gasteiger partial charge is 0.467 e. The van der Waals surface area contributed by atoms with E-state index in [2.05, 4.69) is 15.5 Å². The number of likely N-dealkylation sites (N-methyl/N-ethyl adjacent to an activating group) is 1. The fourth-order valence-electron chi connectivity index (χ4n) is 10.0. The van der Waals surface area contributed by atoms with Gasteiger partial charge in [0.2, 0.25) is 0 Å². The third-order valence-electron chi connectivity index (χ3n) is 13.9. The van der Waals surface area contributed by atoms with Crippen LogP contribution in [0.2, 0.25) is 0 Å². The van der Waals surface area contributed by atoms with Crippen molar-refractivity contribution in [2.45, 2.75) is 198 Å². The van der Waals surface area contributed by atoms with Gasteiger partial charge in [-0.1, -0.05) is 20.8 Å². The molecule has 3 fully saturated rings. The summed E-state index contributed by atoms with van der Waals surface area (Å²) >= 11 is 5.49. The van der Waals surface area contributed by atoms with E-state index in [0.29, 0.717) is 44.1 Å². The van der Waals surface area contributed by atoms with Crippen molar-refractivity contribution in [3.8, 4) is 0 Å². The summed E-state index contributed by atoms with van der Waals surface area (Å²) in [6.07, 6.45) is -6.54. The minimum absolute atomic E-state index is 0.112. The zero-order valence-corrected chi connectivity index (χ0v) is 41.4. The Labute approximate surface area is 386 Å². The average molecular weight is 931 g/mol. The minimum Gasteiger partial charge on any atom is -0.467 e. The number of hydrogen-bond acceptors (Lipinski definition) is 16. The average Bonchev–Trinajstić information content (AvgIpc) is 3.76. The number of cyclic esters (lactones) is 1. The first-order chi connectivity index (χ1) is 29.9. The molecule has 0 amide bonds. The number of rotatable bonds is 13. The van der Waals surface area contributed by atoms with Gasteiger partial charge in [-0.3, -0.25) is 9.69 Å². The molecule has 18 atom stereocenters. The molecule has 3 aliphatic heterocycles. The molecule has 0 saturated carbocycles. The van der Waals surface area contributed by atoms with Gasteiger partial charge in [-0.25, -0.2) is 0 Å². The molecule has 4 heterocycles. The number of esters is 1. The molecular weight excluding hydrogens is 849 g/mol. The first kappa shape index (κ1) is 54.6. The minimum atomic E-state index is -1.88. The highest BCUT2D eigenvalue weighted by molar-refractivity contribution is 7.80. The zero-order valence-electron chi connectivity index (χ0n) is 40.6. The van der Waals surface area contributed by atoms with Crippen LogP contribution >= 0.6 is 12.2 Å². The van der Waals surface area contributed by atoms with E-state index in [4.69, 9.17) is 45.1 Å². The van der Waals surface area contributed by atoms with Crippen molar-refractivity contribution in [2.24, 2.45) is 17.8 Å². The predicted molar refractivity (Wildman–Crippen MR) is 244 cm³/mol. The number of nitrogens with one attached hydrogen (secondary N) is 2. The lowest BCUT2D eigenvalue weighted by Gasteiger charge is -2.48. The topological polar surface area (TPSA) is 217 Å². The molecule has 0 radical (unpaired) electrons. The van der Waals surface area contributed by atoms with Gasteiger partial charge in [-0.15, -0.1) is 0 Å². The Hall–Kier alpha value is -2.04. The van der Waals surface area contributed by atoms with Gasteiger partial charge in [0.15, 0.2) is 17.7 Å². The summed E-state index contributed by atoms with van der Waals surface area (Å²) < 4.78 is 43.4. The Morgan fingerprint density at radius 2 is 1.69 bits per heavy atom. The standard InChI is InChI=1S/C46H82N4O13S/c1-14-34-46(10,56)38(52)30(6)50(19-16-18-47-43(64)48-24-32-17-15-20-58-32)25-26(2)22-44(8,55)40(63-42-36(51)33(49(11)12)21-27(3)59-42)28(4)37(29(5)41(54)61-34)62-35-23-45(9,57-13)39(53)31(7)60-35/h15,17,20,26-31,33-40,42,51-53,55-56H,14,16,18-19,21-25H2,1-13H3,(H2,47,48,64)/t26-,27-,28+,29-,30-,31+,33+,34-,35+,36-,37+,38-,39+,40-,42+,44-,45-,46-/m1/s1. The maximum Gasteiger partial charge on any atom is 0.311 e. The van der Waals surface area contributed by atoms with E-state index < -0.39 is 96.0 Å². The molecule has 7 N–H and O–H groups in total. The number of ether oxygens (including phenoxy) is 6. The Morgan fingerprint density at radius 3 is 2.30 bits per heavy atom. The summed E-state index contributed by atoms with van der Waals surface area (Å²) in [6, 6.07) is 2.73. The molecule has 0 spiro atoms. The van der Waals surface area contributed by atoms with E-state index in [1.54, 1.807) is 40.9 Å². The van der Waals surface area contributed by atoms with Gasteiger partial charge < -0.3 is 73.9 Å². The number of furan rings is 1. The van der Waals surface area contributed by atoms with Gasteiger partial charge in [-0.2, -0.15) is 0 Å². The molecule has 370 valence electrons. The molecule has 0 aliphatic carbocycles. The lowest BCUT2D eigenvalue weighted by molar-refractivity contribution is -0.318. The summed E-state index contributed by atoms with van der Waals surface area (Å²) in [7, 11) is 5.27. The number of methoxy groups -OCH3 is 1. The van der Waals surface area contributed by atoms with E-state index in [1.807, 2.05) is 58.8 Å². The van der Waals surface area contributed by atoms with Gasteiger partial charge in [0.25, 0.3) is 0 Å². The van der Waals surface area contributed by atoms with Crippen LogP contribution < -0.4 is 10.6 Å². The number of thiocarbonyl (C=S) groups is 1. The molecule has 17 nitrogen and oxygen atoms in total. The lowest BCUT2D eigenvalue weighted by Crippen LogP contribution is -2.60. The molecule has 0 unspecified atom stereocenters. The van der Waals surface area contributed by atoms with Crippen molar-refractivity contribution in [1.29, 1.82) is 0 Å². The number of carbonyl (C=O) groups excluding carboxylic acids is 1. The molecule has 64 heavy (non-hydrogen) atoms. The summed E-state index contributed by atoms with van der Waals surface area (Å²) in [5.74, 6) is -2.03. The molecule has 4 rings (SSSR count). The fraction of sp³-hybridized carbons (Fsp3) is 0.870. The van der Waals surface area contributed by atoms with Crippen LogP contribution in [0.5, 0.6) is 0 Å². The second-order valence-electron chi connectivity index (χ2n) is 19.8. The Kier molecular flexibility index (Phi) is 19.9. The number of aliphatic hydroxyl groups is 5. The molecule has 3 aliphatic rings. The van der Waals surface area contributed by atoms with Crippen LogP contribution in [-0.2, 0) is 39.8 Å². The van der Waals surface area contributed by atoms with E-state index >= 15 is 0 Å². The number of nitrogens with zero attached hydrogens (tertiary/aromatic N) is 2. The van der Waals surface area contributed by atoms with Gasteiger partial charge in [0.1, 0.15) is 35.8 Å². The highest BCUT2D eigenvalue weighted by Gasteiger charge is 2.53. The molecule has 0 aromatic carbocycles. The van der Waals surface area contributed by atoms with Crippen LogP contribution in [0.1, 0.15) is 107 Å². The van der Waals surface area contributed by atoms with E-state index in [-0.39, 0.29) is 37.3 Å². The number of carbonyl (C=O) groups is 1. The van der Waals surface area contributed by atoms with Crippen molar-refractivity contribution in [2.75, 3.05) is 40.8 Å². The maximum atomic E-state index is 14.5. The number of aliphatic hydroxyl groups excluding tert-OH is 3. The quantitative estimate of drug-likeness (QED) is 0.0860. The molecule has 18 heteroatoms.